The van der Waals surface area contributed by atoms with Crippen molar-refractivity contribution >= 4 is 10.2 Å². The van der Waals surface area contributed by atoms with Crippen molar-refractivity contribution in [1.82, 2.24) is 0 Å². The quantitative estimate of drug-likeness (QED) is 0.399. The van der Waals surface area contributed by atoms with Gasteiger partial charge >= 0.3 is 0 Å². The molecule has 0 nitrogen and oxygen atoms in total. The Balaban J connectivity index is 2.00. The lowest BCUT2D eigenvalue weighted by Gasteiger charge is -1.72. The van der Waals surface area contributed by atoms with E-state index in [1.807, 2.05) is 0 Å². The van der Waals surface area contributed by atoms with Crippen LogP contribution in [-0.2, 0) is 0 Å². The summed E-state index contributed by atoms with van der Waals surface area (Å²) in [6.45, 7) is 0. The van der Waals surface area contributed by atoms with E-state index in [1.54, 1.807) is 18.9 Å². The molecule has 0 saturated heterocycles. The fourth-order valence-electron chi connectivity index (χ4n) is 0.526. The van der Waals surface area contributed by atoms with Gasteiger partial charge in [0.15, 0.2) is 0 Å². The highest BCUT2D eigenvalue weighted by Crippen LogP contribution is 2.31. The Kier molecular flexibility index (Phi) is 0.770. The van der Waals surface area contributed by atoms with Gasteiger partial charge in [0.25, 0.3) is 0 Å². The zero-order valence-corrected chi connectivity index (χ0v) is 5.70. The zero-order valence-electron chi connectivity index (χ0n) is 3.70. The van der Waals surface area contributed by atoms with Crippen LogP contribution in [0.3, 0.4) is 0 Å². The van der Waals surface area contributed by atoms with Crippen LogP contribution in [0.1, 0.15) is 12.8 Å². The lowest BCUT2D eigenvalue weighted by Crippen LogP contribution is -1.65. The summed E-state index contributed by atoms with van der Waals surface area (Å²) in [6, 6.07) is 1.56. The molecule has 0 aromatic rings. The monoisotopic (exact) mass is 86.1 g/mol. The van der Waals surface area contributed by atoms with Gasteiger partial charge in [-0.15, -0.1) is 0 Å². The van der Waals surface area contributed by atoms with Crippen molar-refractivity contribution in [2.75, 3.05) is 0 Å². The Bertz CT molecular complexity index is 30.6. The summed E-state index contributed by atoms with van der Waals surface area (Å²) in [5, 5.41) is 0. The van der Waals surface area contributed by atoms with Crippen LogP contribution in [-0.4, -0.2) is 10.2 Å². The summed E-state index contributed by atoms with van der Waals surface area (Å²) in [7, 11) is 1.44. The molecule has 0 atom stereocenters. The summed E-state index contributed by atoms with van der Waals surface area (Å²) in [6.07, 6.45) is 3.09. The molecule has 0 spiro atoms. The van der Waals surface area contributed by atoms with Crippen LogP contribution in [0.5, 0.6) is 0 Å². The third-order valence-electron chi connectivity index (χ3n) is 1.27. The van der Waals surface area contributed by atoms with Crippen molar-refractivity contribution in [3.05, 3.63) is 0 Å². The summed E-state index contributed by atoms with van der Waals surface area (Å²) in [5.41, 5.74) is 0. The van der Waals surface area contributed by atoms with Gasteiger partial charge in [-0.2, -0.15) is 0 Å². The molecule has 1 aliphatic carbocycles. The first-order valence-corrected chi connectivity index (χ1v) is 3.85. The molecule has 1 fully saturated rings. The molecule has 0 radical (unpaired) electrons. The fourth-order valence-corrected chi connectivity index (χ4v) is 1.34. The van der Waals surface area contributed by atoms with Crippen LogP contribution in [0.2, 0.25) is 6.04 Å². The molecule has 0 N–H and O–H groups in total. The van der Waals surface area contributed by atoms with E-state index in [2.05, 4.69) is 0 Å². The molecular formula is C4H10Si. The molecule has 1 rings (SSSR count). The smallest absolute Gasteiger partial charge is 0.00314 e. The van der Waals surface area contributed by atoms with Gasteiger partial charge in [0.2, 0.25) is 0 Å². The van der Waals surface area contributed by atoms with Crippen molar-refractivity contribution in [3.63, 3.8) is 0 Å². The highest BCUT2D eigenvalue weighted by atomic mass is 28.1. The first-order chi connectivity index (χ1) is 2.43. The van der Waals surface area contributed by atoms with Gasteiger partial charge in [0.1, 0.15) is 0 Å². The molecule has 0 unspecified atom stereocenters. The molecular weight excluding hydrogens is 76.1 g/mol. The molecule has 0 heterocycles. The van der Waals surface area contributed by atoms with Gasteiger partial charge in [-0.05, 0) is 5.92 Å². The fraction of sp³-hybridized carbons (Fsp3) is 1.00. The number of hydrogen-bond donors (Lipinski definition) is 0. The Labute approximate surface area is 36.0 Å². The molecule has 1 aliphatic rings. The van der Waals surface area contributed by atoms with E-state index in [1.165, 1.54) is 16.2 Å². The van der Waals surface area contributed by atoms with E-state index in [-0.39, 0.29) is 0 Å². The minimum atomic E-state index is 1.20. The Hall–Kier alpha value is 0.217. The van der Waals surface area contributed by atoms with Crippen molar-refractivity contribution in [2.24, 2.45) is 5.92 Å². The Morgan fingerprint density at radius 2 is 2.20 bits per heavy atom. The molecule has 0 amide bonds. The molecule has 5 heavy (non-hydrogen) atoms. The van der Waals surface area contributed by atoms with Crippen molar-refractivity contribution in [2.45, 2.75) is 18.9 Å². The maximum Gasteiger partial charge on any atom is 0.00314 e. The van der Waals surface area contributed by atoms with E-state index in [0.717, 1.165) is 0 Å². The second kappa shape index (κ2) is 1.13. The lowest BCUT2D eigenvalue weighted by atomic mass is 10.5. The molecule has 0 aromatic carbocycles. The van der Waals surface area contributed by atoms with Gasteiger partial charge < -0.3 is 0 Å². The van der Waals surface area contributed by atoms with Gasteiger partial charge in [-0.3, -0.25) is 0 Å². The molecule has 1 saturated carbocycles. The molecule has 30 valence electrons. The average molecular weight is 86.2 g/mol. The van der Waals surface area contributed by atoms with Gasteiger partial charge in [0.05, 0.1) is 0 Å². The summed E-state index contributed by atoms with van der Waals surface area (Å²) in [5.74, 6) is 1.20. The standard InChI is InChI=1S/C4H10Si/c5-3-4-1-2-4/h4H,1-3H2,5H3. The van der Waals surface area contributed by atoms with E-state index < -0.39 is 0 Å². The van der Waals surface area contributed by atoms with Crippen LogP contribution in [0, 0.1) is 5.92 Å². The van der Waals surface area contributed by atoms with Gasteiger partial charge in [-0.25, -0.2) is 0 Å². The van der Waals surface area contributed by atoms with Gasteiger partial charge in [0, 0.05) is 10.2 Å². The van der Waals surface area contributed by atoms with Crippen molar-refractivity contribution in [3.8, 4) is 0 Å². The maximum atomic E-state index is 1.56. The second-order valence-electron chi connectivity index (χ2n) is 1.85. The normalized spacial score (nSPS) is 24.0. The molecule has 1 heteroatoms. The third kappa shape index (κ3) is 0.761. The third-order valence-corrected chi connectivity index (χ3v) is 2.43. The second-order valence-corrected chi connectivity index (χ2v) is 2.67. The van der Waals surface area contributed by atoms with E-state index >= 15 is 0 Å². The zero-order chi connectivity index (χ0) is 3.70. The van der Waals surface area contributed by atoms with Crippen LogP contribution in [0.15, 0.2) is 0 Å². The minimum Gasteiger partial charge on any atom is -0.0631 e. The van der Waals surface area contributed by atoms with Crippen molar-refractivity contribution in [1.29, 1.82) is 0 Å². The molecule has 0 aliphatic heterocycles. The highest BCUT2D eigenvalue weighted by Gasteiger charge is 2.17. The Morgan fingerprint density at radius 3 is 2.20 bits per heavy atom. The van der Waals surface area contributed by atoms with Crippen LogP contribution in [0.25, 0.3) is 0 Å². The maximum absolute atomic E-state index is 1.56. The van der Waals surface area contributed by atoms with Crippen LogP contribution < -0.4 is 0 Å². The van der Waals surface area contributed by atoms with Crippen LogP contribution in [0.4, 0.5) is 0 Å². The lowest BCUT2D eigenvalue weighted by molar-refractivity contribution is 0.978. The van der Waals surface area contributed by atoms with E-state index in [4.69, 9.17) is 0 Å². The van der Waals surface area contributed by atoms with Crippen LogP contribution >= 0.6 is 0 Å². The largest absolute Gasteiger partial charge is 0.0631 e. The molecule has 0 bridgehead atoms. The summed E-state index contributed by atoms with van der Waals surface area (Å²) < 4.78 is 0. The van der Waals surface area contributed by atoms with Gasteiger partial charge in [-0.1, -0.05) is 18.9 Å². The summed E-state index contributed by atoms with van der Waals surface area (Å²) >= 11 is 0. The predicted molar refractivity (Wildman–Crippen MR) is 27.5 cm³/mol. The first-order valence-electron chi connectivity index (χ1n) is 2.43. The molecule has 0 aromatic heterocycles. The SMILES string of the molecule is [SiH3]CC1CC1. The minimum absolute atomic E-state index is 1.20. The van der Waals surface area contributed by atoms with Crippen molar-refractivity contribution < 1.29 is 0 Å². The average Bonchev–Trinajstić information content (AvgIpc) is 2.12. The summed E-state index contributed by atoms with van der Waals surface area (Å²) in [4.78, 5) is 0. The number of rotatable bonds is 1. The predicted octanol–water partition coefficient (Wildman–Crippen LogP) is 0.180. The first kappa shape index (κ1) is 3.41. The Morgan fingerprint density at radius 1 is 1.60 bits per heavy atom. The topological polar surface area (TPSA) is 0 Å². The van der Waals surface area contributed by atoms with E-state index in [9.17, 15) is 0 Å². The highest BCUT2D eigenvalue weighted by molar-refractivity contribution is 6.08. The number of hydrogen-bond acceptors (Lipinski definition) is 0. The van der Waals surface area contributed by atoms with E-state index in [0.29, 0.717) is 0 Å².